The van der Waals surface area contributed by atoms with Gasteiger partial charge in [0.2, 0.25) is 0 Å². The number of halogens is 1. The summed E-state index contributed by atoms with van der Waals surface area (Å²) in [5, 5.41) is -0.253. The summed E-state index contributed by atoms with van der Waals surface area (Å²) in [7, 11) is -4.87. The molecule has 0 spiro atoms. The molecule has 1 fully saturated rings. The van der Waals surface area contributed by atoms with Crippen molar-refractivity contribution in [3.8, 4) is 0 Å². The van der Waals surface area contributed by atoms with Crippen molar-refractivity contribution in [3.05, 3.63) is 46.5 Å². The van der Waals surface area contributed by atoms with Gasteiger partial charge in [-0.05, 0) is 64.3 Å². The van der Waals surface area contributed by atoms with Crippen LogP contribution in [-0.2, 0) is 13.6 Å². The highest BCUT2D eigenvalue weighted by molar-refractivity contribution is 9.10. The first kappa shape index (κ1) is 32.9. The molecule has 238 valence electrons. The van der Waals surface area contributed by atoms with Crippen LogP contribution in [0.5, 0.6) is 0 Å². The van der Waals surface area contributed by atoms with E-state index in [1.165, 1.54) is 11.2 Å². The first-order valence-corrected chi connectivity index (χ1v) is 21.5. The third kappa shape index (κ3) is 5.57. The molecular formula is C30H43BrN6O5Si2. The van der Waals surface area contributed by atoms with Crippen LogP contribution >= 0.6 is 15.9 Å². The van der Waals surface area contributed by atoms with Gasteiger partial charge in [0.15, 0.2) is 44.6 Å². The Kier molecular flexibility index (Phi) is 8.29. The number of carbonyl (C=O) groups is 2. The molecule has 2 N–H and O–H groups in total. The van der Waals surface area contributed by atoms with Gasteiger partial charge >= 0.3 is 0 Å². The van der Waals surface area contributed by atoms with Crippen LogP contribution in [0.3, 0.4) is 0 Å². The number of carbonyl (C=O) groups excluding carboxylic acids is 2. The van der Waals surface area contributed by atoms with Crippen LogP contribution in [0.15, 0.2) is 35.3 Å². The molecular weight excluding hydrogens is 660 g/mol. The lowest BCUT2D eigenvalue weighted by Gasteiger charge is -2.44. The number of amides is 2. The Morgan fingerprint density at radius 2 is 1.43 bits per heavy atom. The average molecular weight is 704 g/mol. The van der Waals surface area contributed by atoms with E-state index >= 15 is 0 Å². The highest BCUT2D eigenvalue weighted by atomic mass is 79.9. The van der Waals surface area contributed by atoms with Crippen LogP contribution in [0.2, 0.25) is 36.3 Å². The maximum Gasteiger partial charge on any atom is 0.261 e. The fourth-order valence-corrected chi connectivity index (χ4v) is 8.23. The second-order valence-corrected chi connectivity index (χ2v) is 24.9. The quantitative estimate of drug-likeness (QED) is 0.175. The van der Waals surface area contributed by atoms with Crippen LogP contribution in [0, 0.1) is 0 Å². The maximum absolute atomic E-state index is 13.5. The number of imide groups is 1. The minimum Gasteiger partial charge on any atom is -0.408 e. The number of nitrogen functional groups attached to an aromatic ring is 1. The van der Waals surface area contributed by atoms with Crippen LogP contribution in [0.25, 0.3) is 11.2 Å². The van der Waals surface area contributed by atoms with Crippen molar-refractivity contribution < 1.29 is 23.2 Å². The van der Waals surface area contributed by atoms with Gasteiger partial charge in [-0.3, -0.25) is 19.1 Å². The highest BCUT2D eigenvalue weighted by Gasteiger charge is 2.56. The molecule has 2 aromatic heterocycles. The number of ether oxygens (including phenoxy) is 1. The maximum atomic E-state index is 13.5. The van der Waals surface area contributed by atoms with Gasteiger partial charge in [-0.15, -0.1) is 0 Å². The Morgan fingerprint density at radius 3 is 1.95 bits per heavy atom. The molecule has 2 amide bonds. The van der Waals surface area contributed by atoms with E-state index in [2.05, 4.69) is 98.6 Å². The molecule has 0 aliphatic carbocycles. The first-order valence-electron chi connectivity index (χ1n) is 14.9. The Hall–Kier alpha value is -2.50. The minimum absolute atomic E-state index is 0.000863. The number of nitrogens with two attached hydrogens (primary N) is 1. The smallest absolute Gasteiger partial charge is 0.261 e. The Balaban J connectivity index is 1.65. The number of fused-ring (bicyclic) bond motifs is 2. The summed E-state index contributed by atoms with van der Waals surface area (Å²) >= 11 is 3.61. The van der Waals surface area contributed by atoms with E-state index in [0.29, 0.717) is 27.0 Å². The lowest BCUT2D eigenvalue weighted by atomic mass is 10.1. The van der Waals surface area contributed by atoms with E-state index in [0.717, 1.165) is 0 Å². The van der Waals surface area contributed by atoms with E-state index in [1.54, 1.807) is 24.3 Å². The SMILES string of the molecule is CC(C)(C)[Si](C)(C)OC1[C@@H](O[Si](C)(C)C(C)(C)C)[C@@H](CN2C(=O)c3ccccc3C2=O)O[C@H]1n1c(Br)nc2c(N)ncnc21. The molecule has 0 radical (unpaired) electrons. The summed E-state index contributed by atoms with van der Waals surface area (Å²) in [4.78, 5) is 41.5. The summed E-state index contributed by atoms with van der Waals surface area (Å²) < 4.78 is 23.5. The molecule has 3 aromatic rings. The summed E-state index contributed by atoms with van der Waals surface area (Å²) in [5.74, 6) is -0.452. The average Bonchev–Trinajstić information content (AvgIpc) is 3.49. The number of hydrogen-bond acceptors (Lipinski definition) is 9. The number of aromatic nitrogens is 4. The van der Waals surface area contributed by atoms with Crippen LogP contribution in [0.1, 0.15) is 68.5 Å². The second-order valence-electron chi connectivity index (χ2n) is 14.7. The number of nitrogens with zero attached hydrogens (tertiary/aromatic N) is 5. The largest absolute Gasteiger partial charge is 0.408 e. The standard InChI is InChI=1S/C30H43BrN6O5Si2/c1-29(2,3)43(7,8)41-21-19(15-36-25(38)17-13-11-12-14-18(17)26(36)39)40-27(22(21)42-44(9,10)30(4,5)6)37-24-20(35-28(37)31)23(32)33-16-34-24/h11-14,16,19,21-22,27H,15H2,1-10H3,(H2,32,33,34)/t19-,21+,22?,27-/m1/s1. The summed E-state index contributed by atoms with van der Waals surface area (Å²) in [6, 6.07) is 6.88. The van der Waals surface area contributed by atoms with E-state index < -0.39 is 41.2 Å². The number of imidazole rings is 1. The van der Waals surface area contributed by atoms with Crippen molar-refractivity contribution in [3.63, 3.8) is 0 Å². The fourth-order valence-electron chi connectivity index (χ4n) is 5.07. The van der Waals surface area contributed by atoms with Gasteiger partial charge in [0.25, 0.3) is 11.8 Å². The van der Waals surface area contributed by atoms with Gasteiger partial charge in [0, 0.05) is 0 Å². The molecule has 4 atom stereocenters. The van der Waals surface area contributed by atoms with Crippen molar-refractivity contribution in [1.29, 1.82) is 0 Å². The van der Waals surface area contributed by atoms with Crippen molar-refractivity contribution in [2.45, 2.75) is 102 Å². The van der Waals surface area contributed by atoms with Gasteiger partial charge < -0.3 is 19.3 Å². The molecule has 1 aromatic carbocycles. The highest BCUT2D eigenvalue weighted by Crippen LogP contribution is 2.47. The second kappa shape index (κ2) is 11.1. The zero-order valence-electron chi connectivity index (χ0n) is 27.1. The van der Waals surface area contributed by atoms with Crippen LogP contribution < -0.4 is 5.73 Å². The zero-order valence-corrected chi connectivity index (χ0v) is 30.7. The zero-order chi connectivity index (χ0) is 32.6. The molecule has 14 heteroatoms. The predicted octanol–water partition coefficient (Wildman–Crippen LogP) is 6.15. The lowest BCUT2D eigenvalue weighted by molar-refractivity contribution is -0.0387. The summed E-state index contributed by atoms with van der Waals surface area (Å²) in [6.07, 6.45) is -1.29. The van der Waals surface area contributed by atoms with Gasteiger partial charge in [-0.1, -0.05) is 53.7 Å². The molecule has 0 saturated carbocycles. The van der Waals surface area contributed by atoms with Crippen LogP contribution in [-0.4, -0.2) is 77.7 Å². The van der Waals surface area contributed by atoms with E-state index in [9.17, 15) is 9.59 Å². The number of hydrogen-bond donors (Lipinski definition) is 1. The summed E-state index contributed by atoms with van der Waals surface area (Å²) in [6.45, 7) is 21.8. The molecule has 2 aliphatic rings. The Morgan fingerprint density at radius 1 is 0.909 bits per heavy atom. The topological polar surface area (TPSA) is 135 Å². The van der Waals surface area contributed by atoms with Crippen molar-refractivity contribution in [2.24, 2.45) is 0 Å². The molecule has 1 saturated heterocycles. The number of benzene rings is 1. The number of rotatable bonds is 7. The Labute approximate surface area is 269 Å². The molecule has 11 nitrogen and oxygen atoms in total. The molecule has 5 rings (SSSR count). The molecule has 1 unspecified atom stereocenters. The van der Waals surface area contributed by atoms with Crippen LogP contribution in [0.4, 0.5) is 5.82 Å². The third-order valence-electron chi connectivity index (χ3n) is 9.72. The molecule has 44 heavy (non-hydrogen) atoms. The van der Waals surface area contributed by atoms with Crippen molar-refractivity contribution in [1.82, 2.24) is 24.4 Å². The van der Waals surface area contributed by atoms with Crippen molar-refractivity contribution >= 4 is 61.4 Å². The van der Waals surface area contributed by atoms with E-state index in [-0.39, 0.29) is 34.3 Å². The normalized spacial score (nSPS) is 23.2. The minimum atomic E-state index is -2.43. The van der Waals surface area contributed by atoms with Gasteiger partial charge in [-0.25, -0.2) is 15.0 Å². The monoisotopic (exact) mass is 702 g/mol. The number of anilines is 1. The predicted molar refractivity (Wildman–Crippen MR) is 177 cm³/mol. The third-order valence-corrected chi connectivity index (χ3v) is 19.2. The first-order chi connectivity index (χ1) is 20.2. The van der Waals surface area contributed by atoms with Crippen molar-refractivity contribution in [2.75, 3.05) is 12.3 Å². The molecule has 0 bridgehead atoms. The van der Waals surface area contributed by atoms with E-state index in [1.807, 2.05) is 4.57 Å². The van der Waals surface area contributed by atoms with Gasteiger partial charge in [0.1, 0.15) is 24.6 Å². The fraction of sp³-hybridized carbons (Fsp3) is 0.567. The van der Waals surface area contributed by atoms with E-state index in [4.69, 9.17) is 19.3 Å². The Bertz CT molecular complexity index is 1580. The van der Waals surface area contributed by atoms with Gasteiger partial charge in [-0.2, -0.15) is 0 Å². The molecule has 4 heterocycles. The lowest BCUT2D eigenvalue weighted by Crippen LogP contribution is -2.55. The summed E-state index contributed by atoms with van der Waals surface area (Å²) in [5.41, 5.74) is 7.87. The van der Waals surface area contributed by atoms with Gasteiger partial charge in [0.05, 0.1) is 17.7 Å². The molecule has 2 aliphatic heterocycles.